The first-order valence-electron chi connectivity index (χ1n) is 4.77. The van der Waals surface area contributed by atoms with Gasteiger partial charge in [-0.3, -0.25) is 0 Å². The second kappa shape index (κ2) is 4.65. The first-order chi connectivity index (χ1) is 7.71. The Morgan fingerprint density at radius 3 is 2.38 bits per heavy atom. The normalized spacial score (nSPS) is 11.9. The maximum atomic E-state index is 10.1. The van der Waals surface area contributed by atoms with E-state index in [4.69, 9.17) is 0 Å². The third kappa shape index (κ3) is 1.92. The minimum absolute atomic E-state index is 0.487. The predicted octanol–water partition coefficient (Wildman–Crippen LogP) is 1.65. The minimum atomic E-state index is -1.56. The van der Waals surface area contributed by atoms with Gasteiger partial charge in [0.15, 0.2) is 0 Å². The maximum Gasteiger partial charge on any atom is 0.137 e. The van der Waals surface area contributed by atoms with Crippen molar-refractivity contribution in [1.29, 1.82) is 0 Å². The smallest absolute Gasteiger partial charge is 0.137 e. The molecule has 0 bridgehead atoms. The molecule has 2 rings (SSSR count). The summed E-state index contributed by atoms with van der Waals surface area (Å²) in [5.74, 6) is 0. The van der Waals surface area contributed by atoms with Crippen LogP contribution in [0.5, 0.6) is 0 Å². The van der Waals surface area contributed by atoms with Gasteiger partial charge >= 0.3 is 0 Å². The van der Waals surface area contributed by atoms with Crippen molar-refractivity contribution >= 4 is 22.7 Å². The maximum absolute atomic E-state index is 10.1. The van der Waals surface area contributed by atoms with Gasteiger partial charge in [0.2, 0.25) is 0 Å². The lowest BCUT2D eigenvalue weighted by atomic mass is 9.96. The summed E-state index contributed by atoms with van der Waals surface area (Å²) in [6.45, 7) is -0.975. The van der Waals surface area contributed by atoms with Gasteiger partial charge in [0, 0.05) is 10.4 Å². The number of aliphatic hydroxyl groups excluding tert-OH is 2. The van der Waals surface area contributed by atoms with Crippen molar-refractivity contribution in [3.05, 3.63) is 34.5 Å². The lowest BCUT2D eigenvalue weighted by Crippen LogP contribution is -2.34. The minimum Gasteiger partial charge on any atom is -0.393 e. The molecular weight excluding hydrogens is 244 g/mol. The molecule has 0 saturated carbocycles. The second-order valence-electron chi connectivity index (χ2n) is 3.49. The summed E-state index contributed by atoms with van der Waals surface area (Å²) in [4.78, 5) is 1.94. The molecule has 0 amide bonds. The number of aliphatic hydroxyl groups is 3. The molecule has 3 nitrogen and oxygen atoms in total. The van der Waals surface area contributed by atoms with Gasteiger partial charge in [-0.15, -0.1) is 22.7 Å². The number of rotatable bonds is 4. The molecule has 0 aliphatic rings. The van der Waals surface area contributed by atoms with Crippen LogP contribution in [0.2, 0.25) is 0 Å². The summed E-state index contributed by atoms with van der Waals surface area (Å²) in [7, 11) is 0. The van der Waals surface area contributed by atoms with Gasteiger partial charge in [0.25, 0.3) is 0 Å². The predicted molar refractivity (Wildman–Crippen MR) is 65.7 cm³/mol. The molecule has 0 spiro atoms. The fourth-order valence-electron chi connectivity index (χ4n) is 1.49. The summed E-state index contributed by atoms with van der Waals surface area (Å²) in [6, 6.07) is 5.63. The molecule has 0 radical (unpaired) electrons. The van der Waals surface area contributed by atoms with E-state index < -0.39 is 18.8 Å². The molecule has 0 fully saturated rings. The van der Waals surface area contributed by atoms with Crippen LogP contribution < -0.4 is 0 Å². The Labute approximate surface area is 101 Å². The van der Waals surface area contributed by atoms with Crippen LogP contribution >= 0.6 is 22.7 Å². The second-order valence-corrected chi connectivity index (χ2v) is 5.35. The van der Waals surface area contributed by atoms with Crippen LogP contribution in [-0.2, 0) is 5.60 Å². The molecule has 0 unspecified atom stereocenters. The molecule has 0 saturated heterocycles. The van der Waals surface area contributed by atoms with Crippen molar-refractivity contribution < 1.29 is 15.3 Å². The molecule has 0 aromatic carbocycles. The van der Waals surface area contributed by atoms with E-state index in [1.54, 1.807) is 17.4 Å². The Morgan fingerprint density at radius 1 is 1.06 bits per heavy atom. The Balaban J connectivity index is 2.47. The zero-order chi connectivity index (χ0) is 11.6. The molecular formula is C11H12O3S2. The van der Waals surface area contributed by atoms with Crippen LogP contribution in [0.1, 0.15) is 5.56 Å². The van der Waals surface area contributed by atoms with Gasteiger partial charge in [-0.05, 0) is 22.9 Å². The van der Waals surface area contributed by atoms with Crippen LogP contribution in [0.15, 0.2) is 29.0 Å². The summed E-state index contributed by atoms with van der Waals surface area (Å²) >= 11 is 3.06. The summed E-state index contributed by atoms with van der Waals surface area (Å²) < 4.78 is 0. The van der Waals surface area contributed by atoms with Gasteiger partial charge < -0.3 is 15.3 Å². The molecule has 2 heterocycles. The van der Waals surface area contributed by atoms with E-state index in [0.717, 1.165) is 9.75 Å². The van der Waals surface area contributed by atoms with Crippen molar-refractivity contribution in [2.45, 2.75) is 5.60 Å². The average Bonchev–Trinajstić information content (AvgIpc) is 2.97. The van der Waals surface area contributed by atoms with Crippen molar-refractivity contribution in [3.8, 4) is 9.75 Å². The molecule has 5 heteroatoms. The number of hydrogen-bond donors (Lipinski definition) is 3. The third-order valence-electron chi connectivity index (χ3n) is 2.43. The number of hydrogen-bond acceptors (Lipinski definition) is 5. The molecule has 0 atom stereocenters. The molecule has 16 heavy (non-hydrogen) atoms. The highest BCUT2D eigenvalue weighted by Gasteiger charge is 2.31. The fourth-order valence-corrected chi connectivity index (χ4v) is 3.37. The Hall–Kier alpha value is -0.720. The van der Waals surface area contributed by atoms with Gasteiger partial charge in [0.05, 0.1) is 18.1 Å². The van der Waals surface area contributed by atoms with Crippen LogP contribution in [0.25, 0.3) is 9.75 Å². The summed E-state index contributed by atoms with van der Waals surface area (Å²) in [6.07, 6.45) is 0. The van der Waals surface area contributed by atoms with E-state index in [-0.39, 0.29) is 0 Å². The largest absolute Gasteiger partial charge is 0.393 e. The fraction of sp³-hybridized carbons (Fsp3) is 0.273. The average molecular weight is 256 g/mol. The molecule has 3 N–H and O–H groups in total. The summed E-state index contributed by atoms with van der Waals surface area (Å²) in [5.41, 5.74) is -0.968. The van der Waals surface area contributed by atoms with Crippen LogP contribution in [0.3, 0.4) is 0 Å². The number of thiophene rings is 2. The van der Waals surface area contributed by atoms with E-state index in [1.807, 2.05) is 22.9 Å². The molecule has 2 aromatic heterocycles. The Kier molecular flexibility index (Phi) is 3.41. The molecule has 0 aliphatic carbocycles. The quantitative estimate of drug-likeness (QED) is 0.779. The molecule has 86 valence electrons. The van der Waals surface area contributed by atoms with E-state index >= 15 is 0 Å². The SMILES string of the molecule is OCC(O)(CO)c1ccsc1-c1cccs1. The third-order valence-corrected chi connectivity index (χ3v) is 4.40. The monoisotopic (exact) mass is 256 g/mol. The molecule has 0 aliphatic heterocycles. The van der Waals surface area contributed by atoms with Gasteiger partial charge in [-0.2, -0.15) is 0 Å². The first kappa shape index (κ1) is 11.8. The van der Waals surface area contributed by atoms with E-state index in [1.165, 1.54) is 11.3 Å². The van der Waals surface area contributed by atoms with E-state index in [9.17, 15) is 15.3 Å². The lowest BCUT2D eigenvalue weighted by molar-refractivity contribution is -0.0591. The van der Waals surface area contributed by atoms with Crippen LogP contribution in [0.4, 0.5) is 0 Å². The van der Waals surface area contributed by atoms with Crippen LogP contribution in [0, 0.1) is 0 Å². The topological polar surface area (TPSA) is 60.7 Å². The summed E-state index contributed by atoms with van der Waals surface area (Å²) in [5, 5.41) is 32.2. The van der Waals surface area contributed by atoms with Gasteiger partial charge in [-0.25, -0.2) is 0 Å². The standard InChI is InChI=1S/C11H12O3S2/c12-6-11(14,7-13)8-3-5-16-10(8)9-2-1-4-15-9/h1-5,12-14H,6-7H2. The highest BCUT2D eigenvalue weighted by molar-refractivity contribution is 7.20. The zero-order valence-corrected chi connectivity index (χ0v) is 10.1. The highest BCUT2D eigenvalue weighted by Crippen LogP contribution is 2.38. The van der Waals surface area contributed by atoms with E-state index in [2.05, 4.69) is 0 Å². The Bertz CT molecular complexity index is 444. The van der Waals surface area contributed by atoms with Crippen molar-refractivity contribution in [2.24, 2.45) is 0 Å². The van der Waals surface area contributed by atoms with Crippen molar-refractivity contribution in [3.63, 3.8) is 0 Å². The van der Waals surface area contributed by atoms with Gasteiger partial charge in [0.1, 0.15) is 5.60 Å². The molecule has 2 aromatic rings. The van der Waals surface area contributed by atoms with Crippen LogP contribution in [-0.4, -0.2) is 28.5 Å². The Morgan fingerprint density at radius 2 is 1.81 bits per heavy atom. The van der Waals surface area contributed by atoms with Crippen molar-refractivity contribution in [1.82, 2.24) is 0 Å². The van der Waals surface area contributed by atoms with E-state index in [0.29, 0.717) is 5.56 Å². The highest BCUT2D eigenvalue weighted by atomic mass is 32.1. The lowest BCUT2D eigenvalue weighted by Gasteiger charge is -2.23. The zero-order valence-electron chi connectivity index (χ0n) is 8.46. The first-order valence-corrected chi connectivity index (χ1v) is 6.53. The van der Waals surface area contributed by atoms with Crippen molar-refractivity contribution in [2.75, 3.05) is 13.2 Å². The van der Waals surface area contributed by atoms with Gasteiger partial charge in [-0.1, -0.05) is 6.07 Å².